The number of halogens is 7. The number of aryl methyl sites for hydroxylation is 1. The Balaban J connectivity index is 2.24. The Labute approximate surface area is 159 Å². The van der Waals surface area contributed by atoms with Crippen LogP contribution in [0.5, 0.6) is 0 Å². The topological polar surface area (TPSA) is 58.2 Å². The molecule has 0 aliphatic carbocycles. The van der Waals surface area contributed by atoms with Gasteiger partial charge in [-0.2, -0.15) is 26.3 Å². The Bertz CT molecular complexity index is 937. The highest BCUT2D eigenvalue weighted by molar-refractivity contribution is 6.05. The van der Waals surface area contributed by atoms with E-state index in [2.05, 4.69) is 5.32 Å². The maximum atomic E-state index is 13.3. The Hall–Kier alpha value is -3.11. The molecule has 0 bridgehead atoms. The van der Waals surface area contributed by atoms with Crippen molar-refractivity contribution >= 4 is 17.5 Å². The summed E-state index contributed by atoms with van der Waals surface area (Å²) in [6, 6.07) is 5.30. The first-order chi connectivity index (χ1) is 13.3. The van der Waals surface area contributed by atoms with E-state index in [4.69, 9.17) is 0 Å². The van der Waals surface area contributed by atoms with Crippen LogP contribution >= 0.6 is 0 Å². The van der Waals surface area contributed by atoms with Gasteiger partial charge in [-0.15, -0.1) is 0 Å². The van der Waals surface area contributed by atoms with Crippen LogP contribution < -0.4 is 10.6 Å². The number of benzene rings is 2. The number of amides is 2. The number of nitrogens with one attached hydrogen (secondary N) is 2. The van der Waals surface area contributed by atoms with Crippen molar-refractivity contribution in [2.24, 2.45) is 0 Å². The zero-order chi connectivity index (χ0) is 22.0. The van der Waals surface area contributed by atoms with E-state index in [-0.39, 0.29) is 11.3 Å². The molecule has 0 fully saturated rings. The summed E-state index contributed by atoms with van der Waals surface area (Å²) in [5.41, 5.74) is -1.94. The Morgan fingerprint density at radius 1 is 0.897 bits per heavy atom. The van der Waals surface area contributed by atoms with E-state index < -0.39 is 47.7 Å². The summed E-state index contributed by atoms with van der Waals surface area (Å²) in [4.78, 5) is 24.1. The van der Waals surface area contributed by atoms with Gasteiger partial charge in [0.05, 0.1) is 5.56 Å². The SMILES string of the molecule is Cc1ccc(C(=O)NCC(F)(F)F)cc1NC(=O)c1ccc(F)c(C(F)(F)F)c1. The molecule has 0 spiro atoms. The van der Waals surface area contributed by atoms with Crippen molar-refractivity contribution in [1.29, 1.82) is 0 Å². The Morgan fingerprint density at radius 2 is 1.48 bits per heavy atom. The van der Waals surface area contributed by atoms with Crippen LogP contribution in [0.2, 0.25) is 0 Å². The molecule has 2 rings (SSSR count). The first-order valence-electron chi connectivity index (χ1n) is 7.91. The van der Waals surface area contributed by atoms with Gasteiger partial charge in [0.1, 0.15) is 12.4 Å². The third-order valence-electron chi connectivity index (χ3n) is 3.73. The van der Waals surface area contributed by atoms with Crippen molar-refractivity contribution in [3.05, 3.63) is 64.5 Å². The molecule has 0 radical (unpaired) electrons. The zero-order valence-electron chi connectivity index (χ0n) is 14.6. The highest BCUT2D eigenvalue weighted by atomic mass is 19.4. The van der Waals surface area contributed by atoms with E-state index in [0.717, 1.165) is 12.1 Å². The molecule has 2 aromatic rings. The summed E-state index contributed by atoms with van der Waals surface area (Å²) >= 11 is 0. The van der Waals surface area contributed by atoms with Crippen molar-refractivity contribution < 1.29 is 40.3 Å². The van der Waals surface area contributed by atoms with Crippen molar-refractivity contribution in [3.8, 4) is 0 Å². The average Bonchev–Trinajstić information content (AvgIpc) is 2.60. The lowest BCUT2D eigenvalue weighted by atomic mass is 10.1. The summed E-state index contributed by atoms with van der Waals surface area (Å²) < 4.78 is 88.3. The Kier molecular flexibility index (Phi) is 6.19. The van der Waals surface area contributed by atoms with E-state index in [1.54, 1.807) is 5.32 Å². The normalized spacial score (nSPS) is 11.9. The number of hydrogen-bond donors (Lipinski definition) is 2. The smallest absolute Gasteiger partial charge is 0.343 e. The van der Waals surface area contributed by atoms with Gasteiger partial charge < -0.3 is 10.6 Å². The van der Waals surface area contributed by atoms with Crippen LogP contribution in [0, 0.1) is 12.7 Å². The van der Waals surface area contributed by atoms with Crippen LogP contribution in [0.1, 0.15) is 31.8 Å². The lowest BCUT2D eigenvalue weighted by Crippen LogP contribution is -2.33. The predicted octanol–water partition coefficient (Wildman–Crippen LogP) is 4.70. The molecule has 11 heteroatoms. The maximum Gasteiger partial charge on any atom is 0.419 e. The molecule has 2 N–H and O–H groups in total. The fourth-order valence-electron chi connectivity index (χ4n) is 2.26. The molecule has 0 heterocycles. The number of rotatable bonds is 4. The molecule has 29 heavy (non-hydrogen) atoms. The lowest BCUT2D eigenvalue weighted by Gasteiger charge is -2.13. The van der Waals surface area contributed by atoms with E-state index in [1.165, 1.54) is 19.1 Å². The molecule has 0 saturated heterocycles. The molecule has 2 amide bonds. The second-order valence-corrected chi connectivity index (χ2v) is 5.97. The van der Waals surface area contributed by atoms with Crippen LogP contribution in [0.3, 0.4) is 0 Å². The fraction of sp³-hybridized carbons (Fsp3) is 0.222. The highest BCUT2D eigenvalue weighted by Gasteiger charge is 2.34. The van der Waals surface area contributed by atoms with Gasteiger partial charge in [0, 0.05) is 16.8 Å². The second-order valence-electron chi connectivity index (χ2n) is 5.97. The number of carbonyl (C=O) groups excluding carboxylic acids is 2. The third-order valence-corrected chi connectivity index (χ3v) is 3.73. The number of hydrogen-bond acceptors (Lipinski definition) is 2. The molecule has 0 unspecified atom stereocenters. The molecule has 0 saturated carbocycles. The predicted molar refractivity (Wildman–Crippen MR) is 88.9 cm³/mol. The van der Waals surface area contributed by atoms with Gasteiger partial charge in [0.25, 0.3) is 11.8 Å². The zero-order valence-corrected chi connectivity index (χ0v) is 14.6. The monoisotopic (exact) mass is 422 g/mol. The van der Waals surface area contributed by atoms with E-state index >= 15 is 0 Å². The minimum Gasteiger partial charge on any atom is -0.343 e. The molecule has 0 aliphatic heterocycles. The van der Waals surface area contributed by atoms with Gasteiger partial charge in [-0.3, -0.25) is 9.59 Å². The van der Waals surface area contributed by atoms with E-state index in [9.17, 15) is 40.3 Å². The van der Waals surface area contributed by atoms with Crippen LogP contribution in [0.4, 0.5) is 36.4 Å². The summed E-state index contributed by atoms with van der Waals surface area (Å²) in [6.07, 6.45) is -9.62. The molecule has 4 nitrogen and oxygen atoms in total. The first kappa shape index (κ1) is 22.2. The number of anilines is 1. The highest BCUT2D eigenvalue weighted by Crippen LogP contribution is 2.32. The Morgan fingerprint density at radius 3 is 2.07 bits per heavy atom. The summed E-state index contributed by atoms with van der Waals surface area (Å²) in [6.45, 7) is -0.0595. The summed E-state index contributed by atoms with van der Waals surface area (Å²) in [5.74, 6) is -3.63. The molecule has 0 atom stereocenters. The molecule has 0 aliphatic rings. The summed E-state index contributed by atoms with van der Waals surface area (Å²) in [7, 11) is 0. The van der Waals surface area contributed by atoms with Gasteiger partial charge in [-0.1, -0.05) is 6.07 Å². The van der Waals surface area contributed by atoms with Crippen molar-refractivity contribution in [3.63, 3.8) is 0 Å². The molecule has 2 aromatic carbocycles. The molecular weight excluding hydrogens is 409 g/mol. The molecular formula is C18H13F7N2O2. The summed E-state index contributed by atoms with van der Waals surface area (Å²) in [5, 5.41) is 3.92. The minimum atomic E-state index is -5.01. The molecule has 0 aromatic heterocycles. The average molecular weight is 422 g/mol. The largest absolute Gasteiger partial charge is 0.419 e. The van der Waals surface area contributed by atoms with Crippen molar-refractivity contribution in [2.75, 3.05) is 11.9 Å². The van der Waals surface area contributed by atoms with Gasteiger partial charge in [0.15, 0.2) is 0 Å². The van der Waals surface area contributed by atoms with Gasteiger partial charge in [-0.05, 0) is 42.8 Å². The van der Waals surface area contributed by atoms with Crippen LogP contribution in [0.25, 0.3) is 0 Å². The van der Waals surface area contributed by atoms with Crippen LogP contribution in [-0.2, 0) is 6.18 Å². The van der Waals surface area contributed by atoms with Crippen molar-refractivity contribution in [1.82, 2.24) is 5.32 Å². The lowest BCUT2D eigenvalue weighted by molar-refractivity contribution is -0.140. The van der Waals surface area contributed by atoms with Gasteiger partial charge >= 0.3 is 12.4 Å². The van der Waals surface area contributed by atoms with E-state index in [1.807, 2.05) is 0 Å². The number of carbonyl (C=O) groups is 2. The van der Waals surface area contributed by atoms with Gasteiger partial charge in [0.2, 0.25) is 0 Å². The quantitative estimate of drug-likeness (QED) is 0.702. The minimum absolute atomic E-state index is 0.00691. The van der Waals surface area contributed by atoms with Gasteiger partial charge in [-0.25, -0.2) is 4.39 Å². The van der Waals surface area contributed by atoms with E-state index in [0.29, 0.717) is 17.7 Å². The number of alkyl halides is 6. The maximum absolute atomic E-state index is 13.3. The standard InChI is InChI=1S/C18H13F7N2O2/c1-9-2-3-11(15(28)26-8-17(20,21)22)7-14(9)27-16(29)10-4-5-13(19)12(6-10)18(23,24)25/h2-7H,8H2,1H3,(H,26,28)(H,27,29). The van der Waals surface area contributed by atoms with Crippen LogP contribution in [-0.4, -0.2) is 24.5 Å². The first-order valence-corrected chi connectivity index (χ1v) is 7.91. The third kappa shape index (κ3) is 5.93. The second kappa shape index (κ2) is 8.10. The van der Waals surface area contributed by atoms with Crippen molar-refractivity contribution in [2.45, 2.75) is 19.3 Å². The fourth-order valence-corrected chi connectivity index (χ4v) is 2.26. The molecule has 156 valence electrons. The van der Waals surface area contributed by atoms with Crippen LogP contribution in [0.15, 0.2) is 36.4 Å².